The minimum absolute atomic E-state index is 0.0637. The fourth-order valence-corrected chi connectivity index (χ4v) is 1.45. The summed E-state index contributed by atoms with van der Waals surface area (Å²) in [5, 5.41) is 0. The van der Waals surface area contributed by atoms with Crippen molar-refractivity contribution in [2.45, 2.75) is 19.9 Å². The fourth-order valence-electron chi connectivity index (χ4n) is 1.29. The lowest BCUT2D eigenvalue weighted by Crippen LogP contribution is -2.26. The van der Waals surface area contributed by atoms with Gasteiger partial charge >= 0.3 is 5.97 Å². The Bertz CT molecular complexity index is 340. The molecule has 1 unspecified atom stereocenters. The zero-order valence-corrected chi connectivity index (χ0v) is 10.0. The number of nitrogens with one attached hydrogen (secondary N) is 2. The molecule has 0 aliphatic heterocycles. The number of rotatable bonds is 5. The Morgan fingerprint density at radius 3 is 2.56 bits per heavy atom. The van der Waals surface area contributed by atoms with E-state index in [1.807, 2.05) is 19.1 Å². The third kappa shape index (κ3) is 3.48. The van der Waals surface area contributed by atoms with Crippen LogP contribution in [0.3, 0.4) is 0 Å². The molecule has 5 heteroatoms. The lowest BCUT2D eigenvalue weighted by molar-refractivity contribution is 0.0526. The second kappa shape index (κ2) is 6.48. The molecule has 0 aliphatic carbocycles. The van der Waals surface area contributed by atoms with E-state index in [-0.39, 0.29) is 12.0 Å². The highest BCUT2D eigenvalue weighted by Gasteiger charge is 2.08. The Morgan fingerprint density at radius 2 is 2.06 bits per heavy atom. The molecule has 2 N–H and O–H groups in total. The first-order chi connectivity index (χ1) is 7.69. The van der Waals surface area contributed by atoms with E-state index in [1.165, 1.54) is 0 Å². The van der Waals surface area contributed by atoms with Gasteiger partial charge in [-0.2, -0.15) is 4.94 Å². The quantitative estimate of drug-likeness (QED) is 0.472. The number of hydrazine groups is 1. The third-order valence-corrected chi connectivity index (χ3v) is 2.30. The van der Waals surface area contributed by atoms with Gasteiger partial charge in [-0.15, -0.1) is 0 Å². The van der Waals surface area contributed by atoms with Crippen LogP contribution in [0.4, 0.5) is 0 Å². The molecule has 0 aromatic heterocycles. The summed E-state index contributed by atoms with van der Waals surface area (Å²) in [7, 11) is 0. The summed E-state index contributed by atoms with van der Waals surface area (Å²) >= 11 is 5.33. The molecule has 1 rings (SSSR count). The van der Waals surface area contributed by atoms with E-state index in [1.54, 1.807) is 19.1 Å². The van der Waals surface area contributed by atoms with Crippen molar-refractivity contribution in [1.82, 2.24) is 10.4 Å². The molecule has 1 atom stereocenters. The van der Waals surface area contributed by atoms with Crippen LogP contribution in [-0.2, 0) is 4.74 Å². The van der Waals surface area contributed by atoms with Crippen molar-refractivity contribution in [2.24, 2.45) is 0 Å². The first kappa shape index (κ1) is 13.0. The Hall–Kier alpha value is -1.10. The van der Waals surface area contributed by atoms with E-state index >= 15 is 0 Å². The van der Waals surface area contributed by atoms with Crippen molar-refractivity contribution in [1.29, 1.82) is 0 Å². The number of carbonyl (C=O) groups excluding carboxylic acids is 1. The zero-order valence-electron chi connectivity index (χ0n) is 9.29. The molecule has 0 saturated heterocycles. The van der Waals surface area contributed by atoms with Crippen molar-refractivity contribution >= 4 is 17.7 Å². The summed E-state index contributed by atoms with van der Waals surface area (Å²) in [5.41, 5.74) is 4.42. The topological polar surface area (TPSA) is 50.4 Å². The van der Waals surface area contributed by atoms with E-state index in [4.69, 9.17) is 16.5 Å². The van der Waals surface area contributed by atoms with Gasteiger partial charge in [-0.1, -0.05) is 12.1 Å². The first-order valence-electron chi connectivity index (χ1n) is 5.07. The largest absolute Gasteiger partial charge is 0.462 e. The van der Waals surface area contributed by atoms with Crippen molar-refractivity contribution < 1.29 is 9.53 Å². The van der Waals surface area contributed by atoms with Crippen LogP contribution in [0.1, 0.15) is 35.8 Å². The number of hydrogen-bond acceptors (Lipinski definition) is 4. The van der Waals surface area contributed by atoms with E-state index < -0.39 is 0 Å². The Balaban J connectivity index is 2.71. The standard InChI is InChI=1S/C11H15ClN2O2/c1-3-16-11(15)10-6-4-9(5-7-10)8(2)13-14-12/h4-8,13-14H,3H2,1-2H3. The molecule has 0 amide bonds. The van der Waals surface area contributed by atoms with Gasteiger partial charge in [0.15, 0.2) is 0 Å². The van der Waals surface area contributed by atoms with E-state index in [0.717, 1.165) is 5.56 Å². The number of hydrogen-bond donors (Lipinski definition) is 2. The number of ether oxygens (including phenoxy) is 1. The van der Waals surface area contributed by atoms with Gasteiger partial charge in [0.05, 0.1) is 12.2 Å². The Labute approximate surface area is 100 Å². The van der Waals surface area contributed by atoms with Crippen LogP contribution in [0.25, 0.3) is 0 Å². The predicted octanol–water partition coefficient (Wildman–Crippen LogP) is 2.17. The van der Waals surface area contributed by atoms with E-state index in [0.29, 0.717) is 12.2 Å². The Morgan fingerprint density at radius 1 is 1.44 bits per heavy atom. The highest BCUT2D eigenvalue weighted by Crippen LogP contribution is 2.13. The monoisotopic (exact) mass is 242 g/mol. The Kier molecular flexibility index (Phi) is 5.25. The van der Waals surface area contributed by atoms with E-state index in [9.17, 15) is 4.79 Å². The van der Waals surface area contributed by atoms with Crippen molar-refractivity contribution in [2.75, 3.05) is 6.61 Å². The number of esters is 1. The normalized spacial score (nSPS) is 12.2. The maximum atomic E-state index is 11.4. The second-order valence-electron chi connectivity index (χ2n) is 3.30. The van der Waals surface area contributed by atoms with Crippen LogP contribution >= 0.6 is 11.8 Å². The summed E-state index contributed by atoms with van der Waals surface area (Å²) < 4.78 is 4.89. The average Bonchev–Trinajstić information content (AvgIpc) is 2.30. The summed E-state index contributed by atoms with van der Waals surface area (Å²) in [6.07, 6.45) is 0. The van der Waals surface area contributed by atoms with Gasteiger partial charge in [-0.05, 0) is 43.3 Å². The molecule has 4 nitrogen and oxygen atoms in total. The highest BCUT2D eigenvalue weighted by atomic mass is 35.5. The fraction of sp³-hybridized carbons (Fsp3) is 0.364. The van der Waals surface area contributed by atoms with Crippen LogP contribution in [0.5, 0.6) is 0 Å². The number of halogens is 1. The molecule has 1 aromatic carbocycles. The predicted molar refractivity (Wildman–Crippen MR) is 62.9 cm³/mol. The molecule has 88 valence electrons. The average molecular weight is 243 g/mol. The van der Waals surface area contributed by atoms with Gasteiger partial charge in [-0.25, -0.2) is 10.2 Å². The molecule has 0 radical (unpaired) electrons. The summed E-state index contributed by atoms with van der Waals surface area (Å²) in [4.78, 5) is 13.7. The summed E-state index contributed by atoms with van der Waals surface area (Å²) in [6, 6.07) is 7.25. The molecule has 0 bridgehead atoms. The zero-order chi connectivity index (χ0) is 12.0. The third-order valence-electron chi connectivity index (χ3n) is 2.19. The number of carbonyl (C=O) groups is 1. The molecule has 0 heterocycles. The van der Waals surface area contributed by atoms with Crippen LogP contribution in [0.15, 0.2) is 24.3 Å². The van der Waals surface area contributed by atoms with Gasteiger partial charge in [0.2, 0.25) is 0 Å². The molecule has 0 spiro atoms. The van der Waals surface area contributed by atoms with Gasteiger partial charge in [0.25, 0.3) is 0 Å². The molecular weight excluding hydrogens is 228 g/mol. The second-order valence-corrected chi connectivity index (χ2v) is 3.49. The van der Waals surface area contributed by atoms with Crippen molar-refractivity contribution in [3.8, 4) is 0 Å². The smallest absolute Gasteiger partial charge is 0.338 e. The first-order valence-corrected chi connectivity index (χ1v) is 5.45. The maximum Gasteiger partial charge on any atom is 0.338 e. The van der Waals surface area contributed by atoms with Gasteiger partial charge in [-0.3, -0.25) is 0 Å². The van der Waals surface area contributed by atoms with Crippen LogP contribution in [0.2, 0.25) is 0 Å². The summed E-state index contributed by atoms with van der Waals surface area (Å²) in [5.74, 6) is -0.301. The molecule has 0 aliphatic rings. The lowest BCUT2D eigenvalue weighted by Gasteiger charge is -2.12. The van der Waals surface area contributed by atoms with Crippen LogP contribution < -0.4 is 10.4 Å². The van der Waals surface area contributed by atoms with Gasteiger partial charge in [0, 0.05) is 6.04 Å². The minimum Gasteiger partial charge on any atom is -0.462 e. The highest BCUT2D eigenvalue weighted by molar-refractivity contribution is 6.13. The molecular formula is C11H15ClN2O2. The maximum absolute atomic E-state index is 11.4. The minimum atomic E-state index is -0.301. The van der Waals surface area contributed by atoms with Gasteiger partial charge < -0.3 is 4.74 Å². The van der Waals surface area contributed by atoms with E-state index in [2.05, 4.69) is 10.4 Å². The molecule has 16 heavy (non-hydrogen) atoms. The van der Waals surface area contributed by atoms with Crippen LogP contribution in [-0.4, -0.2) is 12.6 Å². The molecule has 1 aromatic rings. The SMILES string of the molecule is CCOC(=O)c1ccc(C(C)NNCl)cc1. The lowest BCUT2D eigenvalue weighted by atomic mass is 10.1. The van der Waals surface area contributed by atoms with Gasteiger partial charge in [0.1, 0.15) is 0 Å². The van der Waals surface area contributed by atoms with Crippen molar-refractivity contribution in [3.63, 3.8) is 0 Å². The molecule has 0 fully saturated rings. The summed E-state index contributed by atoms with van der Waals surface area (Å²) in [6.45, 7) is 4.12. The van der Waals surface area contributed by atoms with Crippen LogP contribution in [0, 0.1) is 0 Å². The van der Waals surface area contributed by atoms with Crippen molar-refractivity contribution in [3.05, 3.63) is 35.4 Å². The number of benzene rings is 1. The molecule has 0 saturated carbocycles.